The van der Waals surface area contributed by atoms with E-state index in [4.69, 9.17) is 5.11 Å². The lowest BCUT2D eigenvalue weighted by Gasteiger charge is -2.04. The summed E-state index contributed by atoms with van der Waals surface area (Å²) in [7, 11) is 0. The van der Waals surface area contributed by atoms with Crippen molar-refractivity contribution in [2.75, 3.05) is 5.32 Å². The van der Waals surface area contributed by atoms with E-state index < -0.39 is 17.8 Å². The molecule has 1 unspecified atom stereocenters. The van der Waals surface area contributed by atoms with Crippen molar-refractivity contribution in [3.63, 3.8) is 0 Å². The molecule has 2 N–H and O–H groups in total. The molecule has 1 atom stereocenters. The second-order valence-electron chi connectivity index (χ2n) is 2.84. The highest BCUT2D eigenvalue weighted by atomic mass is 32.1. The molecule has 1 aromatic heterocycles. The first-order valence-corrected chi connectivity index (χ1v) is 4.84. The maximum absolute atomic E-state index is 11.2. The van der Waals surface area contributed by atoms with Crippen molar-refractivity contribution in [2.24, 2.45) is 5.92 Å². The Labute approximate surface area is 84.8 Å². The highest BCUT2D eigenvalue weighted by molar-refractivity contribution is 7.13. The summed E-state index contributed by atoms with van der Waals surface area (Å²) in [6, 6.07) is 0. The van der Waals surface area contributed by atoms with Gasteiger partial charge in [0.15, 0.2) is 5.13 Å². The predicted molar refractivity (Wildman–Crippen MR) is 52.3 cm³/mol. The zero-order valence-electron chi connectivity index (χ0n) is 7.77. The molecule has 0 bridgehead atoms. The van der Waals surface area contributed by atoms with E-state index in [1.165, 1.54) is 18.3 Å². The summed E-state index contributed by atoms with van der Waals surface area (Å²) in [5, 5.41) is 13.2. The maximum atomic E-state index is 11.2. The number of thiazole rings is 1. The molecule has 1 aromatic rings. The lowest BCUT2D eigenvalue weighted by atomic mass is 10.2. The number of anilines is 1. The minimum Gasteiger partial charge on any atom is -0.481 e. The fourth-order valence-electron chi connectivity index (χ4n) is 0.737. The molecule has 0 aliphatic rings. The van der Waals surface area contributed by atoms with Gasteiger partial charge in [0.05, 0.1) is 5.69 Å². The number of aliphatic carboxylic acids is 1. The largest absolute Gasteiger partial charge is 0.481 e. The standard InChI is InChI=1S/C8H10N2O3S/c1-4-3-14-8(9-4)10-6(11)5(2)7(12)13/h3,5H,1-2H3,(H,12,13)(H,9,10,11). The fourth-order valence-corrected chi connectivity index (χ4v) is 1.43. The number of carbonyl (C=O) groups excluding carboxylic acids is 1. The molecule has 6 heteroatoms. The van der Waals surface area contributed by atoms with Gasteiger partial charge in [-0.3, -0.25) is 9.59 Å². The zero-order valence-corrected chi connectivity index (χ0v) is 8.59. The first-order valence-electron chi connectivity index (χ1n) is 3.96. The lowest BCUT2D eigenvalue weighted by Crippen LogP contribution is -2.26. The van der Waals surface area contributed by atoms with Crippen molar-refractivity contribution >= 4 is 28.3 Å². The molecule has 0 saturated heterocycles. The number of rotatable bonds is 3. The van der Waals surface area contributed by atoms with Gasteiger partial charge in [-0.15, -0.1) is 11.3 Å². The third kappa shape index (κ3) is 2.53. The molecule has 0 aromatic carbocycles. The normalized spacial score (nSPS) is 12.1. The average molecular weight is 214 g/mol. The van der Waals surface area contributed by atoms with Gasteiger partial charge in [0.25, 0.3) is 0 Å². The molecule has 1 heterocycles. The second kappa shape index (κ2) is 4.19. The van der Waals surface area contributed by atoms with E-state index in [1.54, 1.807) is 12.3 Å². The van der Waals surface area contributed by atoms with Crippen LogP contribution in [0, 0.1) is 12.8 Å². The number of hydrogen-bond acceptors (Lipinski definition) is 4. The molecule has 76 valence electrons. The van der Waals surface area contributed by atoms with Gasteiger partial charge in [-0.1, -0.05) is 0 Å². The Morgan fingerprint density at radius 2 is 2.29 bits per heavy atom. The van der Waals surface area contributed by atoms with Crippen LogP contribution in [0.3, 0.4) is 0 Å². The second-order valence-corrected chi connectivity index (χ2v) is 3.70. The number of nitrogens with one attached hydrogen (secondary N) is 1. The van der Waals surface area contributed by atoms with Crippen molar-refractivity contribution in [3.8, 4) is 0 Å². The molecule has 0 spiro atoms. The van der Waals surface area contributed by atoms with E-state index >= 15 is 0 Å². The van der Waals surface area contributed by atoms with E-state index in [2.05, 4.69) is 10.3 Å². The number of amides is 1. The molecule has 5 nitrogen and oxygen atoms in total. The molecule has 1 amide bonds. The van der Waals surface area contributed by atoms with Crippen molar-refractivity contribution < 1.29 is 14.7 Å². The zero-order chi connectivity index (χ0) is 10.7. The van der Waals surface area contributed by atoms with Crippen molar-refractivity contribution in [1.29, 1.82) is 0 Å². The SMILES string of the molecule is Cc1csc(NC(=O)C(C)C(=O)O)n1. The van der Waals surface area contributed by atoms with Crippen LogP contribution in [-0.2, 0) is 9.59 Å². The highest BCUT2D eigenvalue weighted by Gasteiger charge is 2.21. The van der Waals surface area contributed by atoms with E-state index in [1.807, 2.05) is 0 Å². The smallest absolute Gasteiger partial charge is 0.315 e. The third-order valence-electron chi connectivity index (χ3n) is 1.61. The monoisotopic (exact) mass is 214 g/mol. The van der Waals surface area contributed by atoms with Crippen LogP contribution in [0.15, 0.2) is 5.38 Å². The quantitative estimate of drug-likeness (QED) is 0.739. The Hall–Kier alpha value is -1.43. The minimum atomic E-state index is -1.14. The van der Waals surface area contributed by atoms with E-state index in [0.29, 0.717) is 5.13 Å². The van der Waals surface area contributed by atoms with Crippen LogP contribution in [0.2, 0.25) is 0 Å². The summed E-state index contributed by atoms with van der Waals surface area (Å²) in [4.78, 5) is 25.7. The van der Waals surface area contributed by atoms with Crippen LogP contribution in [0.1, 0.15) is 12.6 Å². The topological polar surface area (TPSA) is 79.3 Å². The summed E-state index contributed by atoms with van der Waals surface area (Å²) in [5.41, 5.74) is 0.799. The van der Waals surface area contributed by atoms with E-state index in [0.717, 1.165) is 5.69 Å². The van der Waals surface area contributed by atoms with Crippen LogP contribution in [-0.4, -0.2) is 22.0 Å². The van der Waals surface area contributed by atoms with Crippen molar-refractivity contribution in [3.05, 3.63) is 11.1 Å². The number of aromatic nitrogens is 1. The summed E-state index contributed by atoms with van der Waals surface area (Å²) < 4.78 is 0. The number of carboxylic acid groups (broad SMARTS) is 1. The molecular weight excluding hydrogens is 204 g/mol. The molecule has 0 aliphatic carbocycles. The first kappa shape index (κ1) is 10.6. The maximum Gasteiger partial charge on any atom is 0.315 e. The summed E-state index contributed by atoms with van der Waals surface area (Å²) in [6.45, 7) is 3.13. The van der Waals surface area contributed by atoms with Gasteiger partial charge in [0.1, 0.15) is 5.92 Å². The van der Waals surface area contributed by atoms with Crippen molar-refractivity contribution in [2.45, 2.75) is 13.8 Å². The van der Waals surface area contributed by atoms with Gasteiger partial charge in [-0.2, -0.15) is 0 Å². The summed E-state index contributed by atoms with van der Waals surface area (Å²) in [5.74, 6) is -2.75. The Morgan fingerprint density at radius 1 is 1.64 bits per heavy atom. The van der Waals surface area contributed by atoms with Crippen LogP contribution >= 0.6 is 11.3 Å². The molecule has 0 fully saturated rings. The first-order chi connectivity index (χ1) is 6.50. The minimum absolute atomic E-state index is 0.431. The number of aryl methyl sites for hydroxylation is 1. The van der Waals surface area contributed by atoms with Gasteiger partial charge in [-0.25, -0.2) is 4.98 Å². The van der Waals surface area contributed by atoms with Gasteiger partial charge in [-0.05, 0) is 13.8 Å². The Balaban J connectivity index is 2.61. The molecule has 0 saturated carbocycles. The van der Waals surface area contributed by atoms with Gasteiger partial charge in [0, 0.05) is 5.38 Å². The van der Waals surface area contributed by atoms with Gasteiger partial charge in [0.2, 0.25) is 5.91 Å². The Bertz CT molecular complexity index is 361. The number of carboxylic acids is 1. The van der Waals surface area contributed by atoms with Gasteiger partial charge < -0.3 is 10.4 Å². The number of carbonyl (C=O) groups is 2. The van der Waals surface area contributed by atoms with E-state index in [-0.39, 0.29) is 0 Å². The van der Waals surface area contributed by atoms with Crippen LogP contribution in [0.4, 0.5) is 5.13 Å². The van der Waals surface area contributed by atoms with E-state index in [9.17, 15) is 9.59 Å². The summed E-state index contributed by atoms with van der Waals surface area (Å²) in [6.07, 6.45) is 0. The molecule has 0 aliphatic heterocycles. The lowest BCUT2D eigenvalue weighted by molar-refractivity contribution is -0.144. The molecule has 14 heavy (non-hydrogen) atoms. The van der Waals surface area contributed by atoms with Gasteiger partial charge >= 0.3 is 5.97 Å². The predicted octanol–water partition coefficient (Wildman–Crippen LogP) is 1.11. The van der Waals surface area contributed by atoms with Crippen LogP contribution in [0.25, 0.3) is 0 Å². The number of nitrogens with zero attached hydrogens (tertiary/aromatic N) is 1. The molecule has 1 rings (SSSR count). The third-order valence-corrected chi connectivity index (χ3v) is 2.49. The Kier molecular flexibility index (Phi) is 3.19. The van der Waals surface area contributed by atoms with Crippen LogP contribution < -0.4 is 5.32 Å². The fraction of sp³-hybridized carbons (Fsp3) is 0.375. The summed E-state index contributed by atoms with van der Waals surface area (Å²) >= 11 is 1.27. The molecule has 0 radical (unpaired) electrons. The molecular formula is C8H10N2O3S. The van der Waals surface area contributed by atoms with Crippen molar-refractivity contribution in [1.82, 2.24) is 4.98 Å². The number of hydrogen-bond donors (Lipinski definition) is 2. The highest BCUT2D eigenvalue weighted by Crippen LogP contribution is 2.15. The van der Waals surface area contributed by atoms with Crippen LogP contribution in [0.5, 0.6) is 0 Å². The Morgan fingerprint density at radius 3 is 2.71 bits per heavy atom. The average Bonchev–Trinajstić information content (AvgIpc) is 2.49.